The number of ether oxygens (including phenoxy) is 1. The summed E-state index contributed by atoms with van der Waals surface area (Å²) < 4.78 is 6.29. The first kappa shape index (κ1) is 17.8. The van der Waals surface area contributed by atoms with Crippen LogP contribution in [0.4, 0.5) is 0 Å². The van der Waals surface area contributed by atoms with Crippen molar-refractivity contribution in [3.8, 4) is 0 Å². The molecule has 0 aromatic heterocycles. The van der Waals surface area contributed by atoms with Gasteiger partial charge in [-0.2, -0.15) is 0 Å². The van der Waals surface area contributed by atoms with Gasteiger partial charge >= 0.3 is 0 Å². The highest BCUT2D eigenvalue weighted by molar-refractivity contribution is 6.33. The molecule has 1 heterocycles. The number of rotatable bonds is 5. The maximum absolute atomic E-state index is 6.32. The van der Waals surface area contributed by atoms with Crippen LogP contribution in [0, 0.1) is 0 Å². The lowest BCUT2D eigenvalue weighted by molar-refractivity contribution is 0.0167. The first-order valence-electron chi connectivity index (χ1n) is 8.43. The second kappa shape index (κ2) is 7.88. The number of halogens is 2. The minimum Gasteiger partial charge on any atom is -0.373 e. The van der Waals surface area contributed by atoms with Gasteiger partial charge < -0.3 is 10.1 Å². The molecule has 0 saturated carbocycles. The third kappa shape index (κ3) is 3.94. The van der Waals surface area contributed by atoms with Crippen molar-refractivity contribution in [2.45, 2.75) is 31.3 Å². The maximum Gasteiger partial charge on any atom is 0.0812 e. The summed E-state index contributed by atoms with van der Waals surface area (Å²) in [5.41, 5.74) is 2.36. The first-order chi connectivity index (χ1) is 11.6. The minimum absolute atomic E-state index is 0.0613. The Morgan fingerprint density at radius 2 is 1.79 bits per heavy atom. The van der Waals surface area contributed by atoms with E-state index in [9.17, 15) is 0 Å². The molecule has 1 unspecified atom stereocenters. The topological polar surface area (TPSA) is 21.3 Å². The van der Waals surface area contributed by atoms with Crippen LogP contribution in [0.3, 0.4) is 0 Å². The van der Waals surface area contributed by atoms with Crippen molar-refractivity contribution in [1.29, 1.82) is 0 Å². The summed E-state index contributed by atoms with van der Waals surface area (Å²) in [6, 6.07) is 16.2. The molecule has 1 N–H and O–H groups in total. The van der Waals surface area contributed by atoms with Crippen molar-refractivity contribution < 1.29 is 4.74 Å². The van der Waals surface area contributed by atoms with Gasteiger partial charge in [-0.1, -0.05) is 53.5 Å². The van der Waals surface area contributed by atoms with Gasteiger partial charge in [0.15, 0.2) is 0 Å². The Balaban J connectivity index is 1.78. The van der Waals surface area contributed by atoms with Crippen molar-refractivity contribution in [1.82, 2.24) is 5.32 Å². The third-order valence-electron chi connectivity index (χ3n) is 4.95. The molecule has 3 rings (SSSR count). The summed E-state index contributed by atoms with van der Waals surface area (Å²) in [6.07, 6.45) is 2.06. The standard InChI is InChI=1S/C20H23Cl2NO/c1-15(18-13-17(21)7-8-19(18)22)24-14-20(9-11-23-12-10-20)16-5-3-2-4-6-16/h2-8,13,15,23H,9-12,14H2,1H3. The Morgan fingerprint density at radius 3 is 2.50 bits per heavy atom. The lowest BCUT2D eigenvalue weighted by Gasteiger charge is -2.38. The normalized spacial score (nSPS) is 18.3. The predicted molar refractivity (Wildman–Crippen MR) is 101 cm³/mol. The lowest BCUT2D eigenvalue weighted by atomic mass is 9.74. The van der Waals surface area contributed by atoms with Crippen LogP contribution in [0.5, 0.6) is 0 Å². The van der Waals surface area contributed by atoms with E-state index >= 15 is 0 Å². The Morgan fingerprint density at radius 1 is 1.08 bits per heavy atom. The molecule has 2 aromatic rings. The van der Waals surface area contributed by atoms with E-state index < -0.39 is 0 Å². The van der Waals surface area contributed by atoms with Crippen LogP contribution < -0.4 is 5.32 Å². The van der Waals surface area contributed by atoms with Crippen LogP contribution in [0.1, 0.15) is 37.0 Å². The predicted octanol–water partition coefficient (Wildman–Crippen LogP) is 5.39. The fourth-order valence-corrected chi connectivity index (χ4v) is 3.87. The second-order valence-electron chi connectivity index (χ2n) is 6.52. The molecule has 2 aromatic carbocycles. The zero-order chi connectivity index (χ0) is 17.0. The van der Waals surface area contributed by atoms with Gasteiger partial charge in [-0.15, -0.1) is 0 Å². The average molecular weight is 364 g/mol. The SMILES string of the molecule is CC(OCC1(c2ccccc2)CCNCC1)c1cc(Cl)ccc1Cl. The number of nitrogens with one attached hydrogen (secondary N) is 1. The number of piperidine rings is 1. The molecule has 1 saturated heterocycles. The zero-order valence-corrected chi connectivity index (χ0v) is 15.4. The Hall–Kier alpha value is -1.06. The largest absolute Gasteiger partial charge is 0.373 e. The minimum atomic E-state index is -0.0910. The quantitative estimate of drug-likeness (QED) is 0.768. The van der Waals surface area contributed by atoms with Crippen LogP contribution in [0.2, 0.25) is 10.0 Å². The maximum atomic E-state index is 6.32. The summed E-state index contributed by atoms with van der Waals surface area (Å²) >= 11 is 12.4. The van der Waals surface area contributed by atoms with Gasteiger partial charge in [0, 0.05) is 21.0 Å². The third-order valence-corrected chi connectivity index (χ3v) is 5.53. The molecule has 0 spiro atoms. The van der Waals surface area contributed by atoms with Crippen molar-refractivity contribution in [2.24, 2.45) is 0 Å². The fourth-order valence-electron chi connectivity index (χ4n) is 3.41. The van der Waals surface area contributed by atoms with Crippen molar-refractivity contribution in [2.75, 3.05) is 19.7 Å². The molecule has 2 nitrogen and oxygen atoms in total. The van der Waals surface area contributed by atoms with Gasteiger partial charge in [-0.05, 0) is 56.6 Å². The highest BCUT2D eigenvalue weighted by atomic mass is 35.5. The summed E-state index contributed by atoms with van der Waals surface area (Å²) in [7, 11) is 0. The van der Waals surface area contributed by atoms with Crippen LogP contribution in [0.15, 0.2) is 48.5 Å². The van der Waals surface area contributed by atoms with Crippen molar-refractivity contribution in [3.63, 3.8) is 0 Å². The van der Waals surface area contributed by atoms with E-state index in [1.54, 1.807) is 6.07 Å². The van der Waals surface area contributed by atoms with Crippen LogP contribution in [0.25, 0.3) is 0 Å². The molecule has 0 amide bonds. The Kier molecular flexibility index (Phi) is 5.83. The number of hydrogen-bond acceptors (Lipinski definition) is 2. The lowest BCUT2D eigenvalue weighted by Crippen LogP contribution is -2.43. The van der Waals surface area contributed by atoms with Gasteiger partial charge in [0.2, 0.25) is 0 Å². The van der Waals surface area contributed by atoms with E-state index in [0.29, 0.717) is 16.7 Å². The van der Waals surface area contributed by atoms with Crippen LogP contribution in [-0.2, 0) is 10.2 Å². The van der Waals surface area contributed by atoms with Crippen molar-refractivity contribution >= 4 is 23.2 Å². The smallest absolute Gasteiger partial charge is 0.0812 e. The molecule has 1 atom stereocenters. The van der Waals surface area contributed by atoms with E-state index in [0.717, 1.165) is 31.5 Å². The molecule has 0 aliphatic carbocycles. The van der Waals surface area contributed by atoms with Gasteiger partial charge in [0.05, 0.1) is 12.7 Å². The molecule has 0 bridgehead atoms. The molecule has 0 radical (unpaired) electrons. The van der Waals surface area contributed by atoms with Crippen LogP contribution in [-0.4, -0.2) is 19.7 Å². The number of benzene rings is 2. The second-order valence-corrected chi connectivity index (χ2v) is 7.36. The summed E-state index contributed by atoms with van der Waals surface area (Å²) in [5.74, 6) is 0. The molecule has 24 heavy (non-hydrogen) atoms. The van der Waals surface area contributed by atoms with Gasteiger partial charge in [-0.3, -0.25) is 0 Å². The molecular weight excluding hydrogens is 341 g/mol. The monoisotopic (exact) mass is 363 g/mol. The van der Waals surface area contributed by atoms with E-state index in [4.69, 9.17) is 27.9 Å². The van der Waals surface area contributed by atoms with E-state index in [-0.39, 0.29) is 11.5 Å². The zero-order valence-electron chi connectivity index (χ0n) is 13.9. The van der Waals surface area contributed by atoms with Gasteiger partial charge in [0.1, 0.15) is 0 Å². The number of hydrogen-bond donors (Lipinski definition) is 1. The summed E-state index contributed by atoms with van der Waals surface area (Å²) in [6.45, 7) is 4.76. The van der Waals surface area contributed by atoms with E-state index in [1.165, 1.54) is 5.56 Å². The Bertz CT molecular complexity index is 669. The molecule has 1 fully saturated rings. The average Bonchev–Trinajstić information content (AvgIpc) is 2.63. The summed E-state index contributed by atoms with van der Waals surface area (Å²) in [4.78, 5) is 0. The van der Waals surface area contributed by atoms with E-state index in [2.05, 4.69) is 35.6 Å². The molecule has 4 heteroatoms. The summed E-state index contributed by atoms with van der Waals surface area (Å²) in [5, 5.41) is 4.84. The highest BCUT2D eigenvalue weighted by Gasteiger charge is 2.34. The van der Waals surface area contributed by atoms with Crippen LogP contribution >= 0.6 is 23.2 Å². The van der Waals surface area contributed by atoms with Gasteiger partial charge in [-0.25, -0.2) is 0 Å². The Labute approximate surface area is 154 Å². The molecule has 1 aliphatic heterocycles. The van der Waals surface area contributed by atoms with Gasteiger partial charge in [0.25, 0.3) is 0 Å². The molecule has 128 valence electrons. The molecular formula is C20H23Cl2NO. The fraction of sp³-hybridized carbons (Fsp3) is 0.400. The highest BCUT2D eigenvalue weighted by Crippen LogP contribution is 2.36. The van der Waals surface area contributed by atoms with Crippen molar-refractivity contribution in [3.05, 3.63) is 69.7 Å². The molecule has 1 aliphatic rings. The van der Waals surface area contributed by atoms with E-state index in [1.807, 2.05) is 19.1 Å². The first-order valence-corrected chi connectivity index (χ1v) is 9.19.